The van der Waals surface area contributed by atoms with Crippen LogP contribution in [0.4, 0.5) is 0 Å². The first-order valence-corrected chi connectivity index (χ1v) is 4.53. The Balaban J connectivity index is 2.47. The maximum atomic E-state index is 11.4. The zero-order valence-corrected chi connectivity index (χ0v) is 8.44. The average molecular weight is 206 g/mol. The fraction of sp³-hybridized carbons (Fsp3) is 0.273. The molecule has 1 aliphatic heterocycles. The van der Waals surface area contributed by atoms with E-state index in [-0.39, 0.29) is 5.78 Å². The monoisotopic (exact) mass is 206 g/mol. The molecule has 0 saturated heterocycles. The van der Waals surface area contributed by atoms with Crippen LogP contribution in [-0.4, -0.2) is 18.9 Å². The summed E-state index contributed by atoms with van der Waals surface area (Å²) in [6.45, 7) is 1.38. The van der Waals surface area contributed by atoms with Crippen LogP contribution in [0.5, 0.6) is 11.5 Å². The average Bonchev–Trinajstić information content (AvgIpc) is 2.52. The van der Waals surface area contributed by atoms with E-state index < -0.39 is 11.9 Å². The number of esters is 1. The van der Waals surface area contributed by atoms with Gasteiger partial charge in [0.25, 0.3) is 0 Å². The second kappa shape index (κ2) is 3.38. The molecule has 1 heterocycles. The maximum absolute atomic E-state index is 11.4. The molecule has 0 saturated carbocycles. The fourth-order valence-electron chi connectivity index (χ4n) is 1.65. The molecule has 0 unspecified atom stereocenters. The summed E-state index contributed by atoms with van der Waals surface area (Å²) < 4.78 is 9.98. The molecule has 4 nitrogen and oxygen atoms in total. The minimum atomic E-state index is -0.772. The molecule has 1 atom stereocenters. The van der Waals surface area contributed by atoms with Crippen LogP contribution in [0.3, 0.4) is 0 Å². The third-order valence-electron chi connectivity index (χ3n) is 2.38. The first kappa shape index (κ1) is 9.71. The van der Waals surface area contributed by atoms with E-state index in [1.54, 1.807) is 18.2 Å². The molecule has 2 rings (SSSR count). The minimum Gasteiger partial charge on any atom is -0.497 e. The summed E-state index contributed by atoms with van der Waals surface area (Å²) in [7, 11) is 1.53. The zero-order chi connectivity index (χ0) is 11.0. The van der Waals surface area contributed by atoms with Crippen LogP contribution in [0.1, 0.15) is 18.4 Å². The van der Waals surface area contributed by atoms with Crippen LogP contribution in [-0.2, 0) is 9.59 Å². The molecule has 0 amide bonds. The second-order valence-corrected chi connectivity index (χ2v) is 3.37. The summed E-state index contributed by atoms with van der Waals surface area (Å²) in [5.41, 5.74) is 0.619. The van der Waals surface area contributed by atoms with E-state index in [1.165, 1.54) is 14.0 Å². The number of carbonyl (C=O) groups excluding carboxylic acids is 2. The molecule has 0 aromatic heterocycles. The Hall–Kier alpha value is -1.84. The number of hydrogen-bond acceptors (Lipinski definition) is 4. The number of carbonyl (C=O) groups is 2. The normalized spacial score (nSPS) is 18.3. The van der Waals surface area contributed by atoms with Crippen molar-refractivity contribution in [3.8, 4) is 11.5 Å². The van der Waals surface area contributed by atoms with Crippen molar-refractivity contribution in [2.75, 3.05) is 7.11 Å². The Morgan fingerprint density at radius 2 is 2.20 bits per heavy atom. The van der Waals surface area contributed by atoms with Gasteiger partial charge in [0.2, 0.25) is 0 Å². The maximum Gasteiger partial charge on any atom is 0.326 e. The van der Waals surface area contributed by atoms with Crippen LogP contribution in [0.15, 0.2) is 18.2 Å². The van der Waals surface area contributed by atoms with Gasteiger partial charge in [0.15, 0.2) is 0 Å². The Bertz CT molecular complexity index is 436. The molecule has 1 aromatic rings. The molecule has 0 spiro atoms. The predicted octanol–water partition coefficient (Wildman–Crippen LogP) is 1.29. The molecular weight excluding hydrogens is 196 g/mol. The Kier molecular flexibility index (Phi) is 2.19. The molecule has 15 heavy (non-hydrogen) atoms. The van der Waals surface area contributed by atoms with Crippen molar-refractivity contribution in [3.63, 3.8) is 0 Å². The van der Waals surface area contributed by atoms with Gasteiger partial charge in [-0.15, -0.1) is 0 Å². The summed E-state index contributed by atoms with van der Waals surface area (Å²) in [4.78, 5) is 22.6. The van der Waals surface area contributed by atoms with Gasteiger partial charge in [-0.25, -0.2) is 0 Å². The van der Waals surface area contributed by atoms with Gasteiger partial charge in [-0.1, -0.05) is 6.07 Å². The van der Waals surface area contributed by atoms with Gasteiger partial charge < -0.3 is 9.47 Å². The van der Waals surface area contributed by atoms with Crippen molar-refractivity contribution in [1.29, 1.82) is 0 Å². The van der Waals surface area contributed by atoms with E-state index >= 15 is 0 Å². The highest BCUT2D eigenvalue weighted by Gasteiger charge is 2.36. The largest absolute Gasteiger partial charge is 0.497 e. The van der Waals surface area contributed by atoms with E-state index in [0.717, 1.165) is 0 Å². The van der Waals surface area contributed by atoms with Crippen molar-refractivity contribution < 1.29 is 19.1 Å². The topological polar surface area (TPSA) is 52.6 Å². The summed E-state index contributed by atoms with van der Waals surface area (Å²) in [5, 5.41) is 0. The lowest BCUT2D eigenvalue weighted by molar-refractivity contribution is -0.137. The Morgan fingerprint density at radius 1 is 1.47 bits per heavy atom. The van der Waals surface area contributed by atoms with Crippen molar-refractivity contribution in [3.05, 3.63) is 23.8 Å². The summed E-state index contributed by atoms with van der Waals surface area (Å²) in [5.74, 6) is -0.467. The molecule has 0 aliphatic carbocycles. The van der Waals surface area contributed by atoms with Gasteiger partial charge >= 0.3 is 5.97 Å². The summed E-state index contributed by atoms with van der Waals surface area (Å²) in [6.07, 6.45) is 0. The first-order valence-electron chi connectivity index (χ1n) is 4.53. The Labute approximate surface area is 86.8 Å². The van der Waals surface area contributed by atoms with E-state index in [9.17, 15) is 9.59 Å². The number of hydrogen-bond donors (Lipinski definition) is 0. The SMILES string of the molecule is COc1ccc2c(c1)OC(=O)[C@@H]2C(C)=O. The fourth-order valence-corrected chi connectivity index (χ4v) is 1.65. The second-order valence-electron chi connectivity index (χ2n) is 3.37. The molecule has 0 fully saturated rings. The van der Waals surface area contributed by atoms with Crippen LogP contribution in [0.25, 0.3) is 0 Å². The molecule has 1 aliphatic rings. The number of ketones is 1. The van der Waals surface area contributed by atoms with Crippen molar-refractivity contribution in [2.45, 2.75) is 12.8 Å². The van der Waals surface area contributed by atoms with Gasteiger partial charge in [0, 0.05) is 11.6 Å². The molecular formula is C11H10O4. The van der Waals surface area contributed by atoms with Crippen LogP contribution in [0, 0.1) is 0 Å². The number of fused-ring (bicyclic) bond motifs is 1. The van der Waals surface area contributed by atoms with Crippen LogP contribution in [0.2, 0.25) is 0 Å². The smallest absolute Gasteiger partial charge is 0.326 e. The zero-order valence-electron chi connectivity index (χ0n) is 8.44. The number of methoxy groups -OCH3 is 1. The summed E-state index contributed by atoms with van der Waals surface area (Å²) >= 11 is 0. The quantitative estimate of drug-likeness (QED) is 0.415. The third kappa shape index (κ3) is 1.48. The highest BCUT2D eigenvalue weighted by molar-refractivity contribution is 6.07. The summed E-state index contributed by atoms with van der Waals surface area (Å²) in [6, 6.07) is 5.00. The first-order chi connectivity index (χ1) is 7.13. The highest BCUT2D eigenvalue weighted by Crippen LogP contribution is 2.37. The van der Waals surface area contributed by atoms with Gasteiger partial charge in [-0.05, 0) is 13.0 Å². The number of ether oxygens (including phenoxy) is 2. The van der Waals surface area contributed by atoms with Crippen LogP contribution >= 0.6 is 0 Å². The number of rotatable bonds is 2. The predicted molar refractivity (Wildman–Crippen MR) is 52.1 cm³/mol. The molecule has 4 heteroatoms. The van der Waals surface area contributed by atoms with Crippen molar-refractivity contribution >= 4 is 11.8 Å². The molecule has 0 radical (unpaired) electrons. The molecule has 78 valence electrons. The van der Waals surface area contributed by atoms with E-state index in [1.807, 2.05) is 0 Å². The third-order valence-corrected chi connectivity index (χ3v) is 2.38. The van der Waals surface area contributed by atoms with Crippen molar-refractivity contribution in [1.82, 2.24) is 0 Å². The highest BCUT2D eigenvalue weighted by atomic mass is 16.5. The van der Waals surface area contributed by atoms with Gasteiger partial charge in [0.05, 0.1) is 7.11 Å². The number of benzene rings is 1. The minimum absolute atomic E-state index is 0.205. The molecule has 0 N–H and O–H groups in total. The number of Topliss-reactive ketones (excluding diaryl/α,β-unsaturated/α-hetero) is 1. The Morgan fingerprint density at radius 3 is 2.80 bits per heavy atom. The van der Waals surface area contributed by atoms with Gasteiger partial charge in [-0.3, -0.25) is 9.59 Å². The van der Waals surface area contributed by atoms with Gasteiger partial charge in [-0.2, -0.15) is 0 Å². The molecule has 0 bridgehead atoms. The van der Waals surface area contributed by atoms with E-state index in [0.29, 0.717) is 17.1 Å². The molecule has 1 aromatic carbocycles. The van der Waals surface area contributed by atoms with Gasteiger partial charge in [0.1, 0.15) is 23.2 Å². The lowest BCUT2D eigenvalue weighted by Crippen LogP contribution is -2.16. The van der Waals surface area contributed by atoms with E-state index in [2.05, 4.69) is 0 Å². The van der Waals surface area contributed by atoms with Crippen LogP contribution < -0.4 is 9.47 Å². The standard InChI is InChI=1S/C11H10O4/c1-6(12)10-8-4-3-7(14-2)5-9(8)15-11(10)13/h3-5,10H,1-2H3/t10-/m1/s1. The van der Waals surface area contributed by atoms with Crippen molar-refractivity contribution in [2.24, 2.45) is 0 Å². The lowest BCUT2D eigenvalue weighted by Gasteiger charge is -2.03. The van der Waals surface area contributed by atoms with E-state index in [4.69, 9.17) is 9.47 Å². The lowest BCUT2D eigenvalue weighted by atomic mass is 9.97.